The van der Waals surface area contributed by atoms with Crippen LogP contribution in [-0.4, -0.2) is 53.1 Å². The Labute approximate surface area is 178 Å². The van der Waals surface area contributed by atoms with Crippen LogP contribution in [0.1, 0.15) is 36.3 Å². The summed E-state index contributed by atoms with van der Waals surface area (Å²) in [6.07, 6.45) is 0.980. The van der Waals surface area contributed by atoms with Crippen LogP contribution < -0.4 is 4.74 Å². The van der Waals surface area contributed by atoms with E-state index in [0.717, 1.165) is 68.0 Å². The predicted octanol–water partition coefficient (Wildman–Crippen LogP) is 4.41. The van der Waals surface area contributed by atoms with Crippen LogP contribution in [0.5, 0.6) is 5.75 Å². The summed E-state index contributed by atoms with van der Waals surface area (Å²) in [5.74, 6) is 0.980. The Morgan fingerprint density at radius 1 is 0.967 bits per heavy atom. The number of piperazine rings is 1. The van der Waals surface area contributed by atoms with Crippen LogP contribution in [0.4, 0.5) is 0 Å². The van der Waals surface area contributed by atoms with Crippen molar-refractivity contribution in [1.29, 1.82) is 0 Å². The van der Waals surface area contributed by atoms with Crippen molar-refractivity contribution in [1.82, 2.24) is 14.4 Å². The van der Waals surface area contributed by atoms with Gasteiger partial charge in [-0.25, -0.2) is 0 Å². The molecule has 5 heteroatoms. The highest BCUT2D eigenvalue weighted by Gasteiger charge is 2.26. The van der Waals surface area contributed by atoms with Crippen LogP contribution >= 0.6 is 0 Å². The molecule has 0 N–H and O–H groups in total. The minimum absolute atomic E-state index is 0.126. The minimum atomic E-state index is 0.126. The summed E-state index contributed by atoms with van der Waals surface area (Å²) in [6.45, 7) is 9.85. The molecule has 0 unspecified atom stereocenters. The third-order valence-corrected chi connectivity index (χ3v) is 5.78. The standard InChI is InChI=1S/C25H31N3O2/c1-3-13-28-22-11-8-12-24(30-4-2)21(22)18-23(28)25(29)27-16-14-26(15-17-27)19-20-9-6-5-7-10-20/h5-12,18H,3-4,13-17,19H2,1-2H3. The molecule has 2 heterocycles. The lowest BCUT2D eigenvalue weighted by Crippen LogP contribution is -2.48. The first-order valence-electron chi connectivity index (χ1n) is 11.0. The number of benzene rings is 2. The molecule has 4 rings (SSSR count). The van der Waals surface area contributed by atoms with E-state index in [-0.39, 0.29) is 5.91 Å². The van der Waals surface area contributed by atoms with Gasteiger partial charge >= 0.3 is 0 Å². The third-order valence-electron chi connectivity index (χ3n) is 5.78. The van der Waals surface area contributed by atoms with Gasteiger partial charge in [-0.1, -0.05) is 43.3 Å². The average molecular weight is 406 g/mol. The largest absolute Gasteiger partial charge is 0.493 e. The number of hydrogen-bond donors (Lipinski definition) is 0. The Kier molecular flexibility index (Phi) is 6.38. The first-order valence-corrected chi connectivity index (χ1v) is 11.0. The van der Waals surface area contributed by atoms with Crippen LogP contribution in [0, 0.1) is 0 Å². The van der Waals surface area contributed by atoms with Gasteiger partial charge in [-0.2, -0.15) is 0 Å². The molecule has 0 saturated carbocycles. The second kappa shape index (κ2) is 9.35. The summed E-state index contributed by atoms with van der Waals surface area (Å²) in [4.78, 5) is 17.9. The second-order valence-electron chi connectivity index (χ2n) is 7.86. The highest BCUT2D eigenvalue weighted by molar-refractivity contribution is 6.00. The smallest absolute Gasteiger partial charge is 0.270 e. The number of aryl methyl sites for hydroxylation is 1. The van der Waals surface area contributed by atoms with Crippen LogP contribution in [-0.2, 0) is 13.1 Å². The van der Waals surface area contributed by atoms with Crippen LogP contribution in [0.2, 0.25) is 0 Å². The molecule has 1 amide bonds. The van der Waals surface area contributed by atoms with E-state index >= 15 is 0 Å². The van der Waals surface area contributed by atoms with E-state index in [4.69, 9.17) is 4.74 Å². The van der Waals surface area contributed by atoms with Crippen LogP contribution in [0.15, 0.2) is 54.6 Å². The van der Waals surface area contributed by atoms with E-state index in [1.165, 1.54) is 5.56 Å². The Bertz CT molecular complexity index is 988. The molecule has 0 bridgehead atoms. The van der Waals surface area contributed by atoms with Gasteiger partial charge in [0.2, 0.25) is 0 Å². The van der Waals surface area contributed by atoms with Crippen LogP contribution in [0.3, 0.4) is 0 Å². The van der Waals surface area contributed by atoms with Gasteiger partial charge in [-0.15, -0.1) is 0 Å². The first-order chi connectivity index (χ1) is 14.7. The molecular formula is C25H31N3O2. The zero-order valence-electron chi connectivity index (χ0n) is 18.0. The second-order valence-corrected chi connectivity index (χ2v) is 7.86. The normalized spacial score (nSPS) is 14.9. The van der Waals surface area contributed by atoms with Crippen molar-refractivity contribution >= 4 is 16.8 Å². The number of hydrogen-bond acceptors (Lipinski definition) is 3. The monoisotopic (exact) mass is 405 g/mol. The van der Waals surface area contributed by atoms with Crippen LogP contribution in [0.25, 0.3) is 10.9 Å². The van der Waals surface area contributed by atoms with Gasteiger partial charge in [0.05, 0.1) is 12.1 Å². The van der Waals surface area contributed by atoms with E-state index in [1.807, 2.05) is 36.1 Å². The maximum Gasteiger partial charge on any atom is 0.270 e. The Morgan fingerprint density at radius 2 is 1.73 bits per heavy atom. The number of carbonyl (C=O) groups excluding carboxylic acids is 1. The van der Waals surface area contributed by atoms with Gasteiger partial charge in [0.15, 0.2) is 0 Å². The topological polar surface area (TPSA) is 37.7 Å². The predicted molar refractivity (Wildman–Crippen MR) is 121 cm³/mol. The summed E-state index contributed by atoms with van der Waals surface area (Å²) in [7, 11) is 0. The van der Waals surface area contributed by atoms with Crippen molar-refractivity contribution < 1.29 is 9.53 Å². The lowest BCUT2D eigenvalue weighted by molar-refractivity contribution is 0.0618. The molecular weight excluding hydrogens is 374 g/mol. The molecule has 1 aromatic heterocycles. The molecule has 2 aromatic carbocycles. The van der Waals surface area contributed by atoms with E-state index in [9.17, 15) is 4.79 Å². The number of rotatable bonds is 7. The Hall–Kier alpha value is -2.79. The fourth-order valence-electron chi connectivity index (χ4n) is 4.29. The highest BCUT2D eigenvalue weighted by atomic mass is 16.5. The minimum Gasteiger partial charge on any atom is -0.493 e. The van der Waals surface area contributed by atoms with Gasteiger partial charge in [-0.3, -0.25) is 9.69 Å². The number of ether oxygens (including phenoxy) is 1. The average Bonchev–Trinajstić information content (AvgIpc) is 3.15. The number of amides is 1. The zero-order chi connectivity index (χ0) is 20.9. The third kappa shape index (κ3) is 4.21. The van der Waals surface area contributed by atoms with Crippen molar-refractivity contribution in [2.45, 2.75) is 33.4 Å². The summed E-state index contributed by atoms with van der Waals surface area (Å²) in [5, 5.41) is 1.03. The maximum atomic E-state index is 13.4. The van der Waals surface area contributed by atoms with E-state index in [2.05, 4.69) is 46.7 Å². The summed E-state index contributed by atoms with van der Waals surface area (Å²) in [5.41, 5.74) is 3.17. The molecule has 3 aromatic rings. The molecule has 0 radical (unpaired) electrons. The summed E-state index contributed by atoms with van der Waals surface area (Å²) in [6, 6.07) is 18.6. The first kappa shape index (κ1) is 20.5. The Morgan fingerprint density at radius 3 is 2.43 bits per heavy atom. The molecule has 30 heavy (non-hydrogen) atoms. The maximum absolute atomic E-state index is 13.4. The molecule has 1 saturated heterocycles. The van der Waals surface area contributed by atoms with Crippen molar-refractivity contribution in [3.8, 4) is 5.75 Å². The van der Waals surface area contributed by atoms with Gasteiger partial charge in [0, 0.05) is 44.7 Å². The quantitative estimate of drug-likeness (QED) is 0.584. The van der Waals surface area contributed by atoms with Crippen molar-refractivity contribution in [2.24, 2.45) is 0 Å². The van der Waals surface area contributed by atoms with E-state index in [1.54, 1.807) is 0 Å². The zero-order valence-corrected chi connectivity index (χ0v) is 18.0. The Balaban J connectivity index is 1.52. The summed E-state index contributed by atoms with van der Waals surface area (Å²) >= 11 is 0. The fourth-order valence-corrected chi connectivity index (χ4v) is 4.29. The van der Waals surface area contributed by atoms with Crippen molar-refractivity contribution in [3.63, 3.8) is 0 Å². The van der Waals surface area contributed by atoms with Crippen molar-refractivity contribution in [2.75, 3.05) is 32.8 Å². The van der Waals surface area contributed by atoms with Gasteiger partial charge in [0.25, 0.3) is 5.91 Å². The molecule has 158 valence electrons. The molecule has 1 aliphatic heterocycles. The summed E-state index contributed by atoms with van der Waals surface area (Å²) < 4.78 is 7.98. The lowest BCUT2D eigenvalue weighted by Gasteiger charge is -2.35. The van der Waals surface area contributed by atoms with Gasteiger partial charge < -0.3 is 14.2 Å². The number of fused-ring (bicyclic) bond motifs is 1. The van der Waals surface area contributed by atoms with Crippen molar-refractivity contribution in [3.05, 3.63) is 65.9 Å². The van der Waals surface area contributed by atoms with Gasteiger partial charge in [0.1, 0.15) is 11.4 Å². The molecule has 5 nitrogen and oxygen atoms in total. The number of carbonyl (C=O) groups is 1. The fraction of sp³-hybridized carbons (Fsp3) is 0.400. The lowest BCUT2D eigenvalue weighted by atomic mass is 10.2. The molecule has 1 fully saturated rings. The van der Waals surface area contributed by atoms with E-state index < -0.39 is 0 Å². The van der Waals surface area contributed by atoms with E-state index in [0.29, 0.717) is 6.61 Å². The number of aromatic nitrogens is 1. The molecule has 0 aliphatic carbocycles. The number of nitrogens with zero attached hydrogens (tertiary/aromatic N) is 3. The molecule has 0 atom stereocenters. The highest BCUT2D eigenvalue weighted by Crippen LogP contribution is 2.30. The SMILES string of the molecule is CCCn1c(C(=O)N2CCN(Cc3ccccc3)CC2)cc2c(OCC)cccc21. The van der Waals surface area contributed by atoms with Gasteiger partial charge in [-0.05, 0) is 37.1 Å². The molecule has 1 aliphatic rings. The molecule has 0 spiro atoms.